The highest BCUT2D eigenvalue weighted by Crippen LogP contribution is 2.21. The van der Waals surface area contributed by atoms with Crippen LogP contribution < -0.4 is 5.32 Å². The van der Waals surface area contributed by atoms with Gasteiger partial charge in [-0.2, -0.15) is 8.42 Å². The Labute approximate surface area is 91.0 Å². The number of hydrogen-bond acceptors (Lipinski definition) is 4. The summed E-state index contributed by atoms with van der Waals surface area (Å²) in [6, 6.07) is 4.26. The molecule has 1 aliphatic rings. The van der Waals surface area contributed by atoms with Gasteiger partial charge in [0.1, 0.15) is 5.75 Å². The normalized spacial score (nSPS) is 14.8. The minimum Gasteiger partial charge on any atom is -0.288 e. The lowest BCUT2D eigenvalue weighted by Gasteiger charge is -2.02. The van der Waals surface area contributed by atoms with Crippen LogP contribution >= 0.6 is 0 Å². The molecular formula is C9H7NO5S. The van der Waals surface area contributed by atoms with Gasteiger partial charge in [-0.25, -0.2) is 0 Å². The Hall–Kier alpha value is -1.73. The maximum atomic E-state index is 11.4. The fourth-order valence-electron chi connectivity index (χ4n) is 1.61. The SMILES string of the molecule is O=C1NC(=O)c2c(CS(=O)(=O)O)cccc21. The highest BCUT2D eigenvalue weighted by Gasteiger charge is 2.30. The molecular weight excluding hydrogens is 234 g/mol. The summed E-state index contributed by atoms with van der Waals surface area (Å²) in [5.74, 6) is -1.88. The third-order valence-electron chi connectivity index (χ3n) is 2.19. The highest BCUT2D eigenvalue weighted by atomic mass is 32.2. The predicted octanol–water partition coefficient (Wildman–Crippen LogP) is -0.0420. The maximum Gasteiger partial charge on any atom is 0.269 e. The van der Waals surface area contributed by atoms with E-state index in [1.165, 1.54) is 18.2 Å². The number of benzene rings is 1. The first-order chi connectivity index (χ1) is 7.38. The molecule has 1 aliphatic heterocycles. The Morgan fingerprint density at radius 1 is 1.19 bits per heavy atom. The Balaban J connectivity index is 2.58. The molecule has 84 valence electrons. The summed E-state index contributed by atoms with van der Waals surface area (Å²) in [6.45, 7) is 0. The van der Waals surface area contributed by atoms with Crippen molar-refractivity contribution >= 4 is 21.9 Å². The van der Waals surface area contributed by atoms with Gasteiger partial charge in [0.25, 0.3) is 21.9 Å². The van der Waals surface area contributed by atoms with E-state index in [-0.39, 0.29) is 16.7 Å². The third-order valence-corrected chi connectivity index (χ3v) is 2.86. The van der Waals surface area contributed by atoms with Crippen molar-refractivity contribution in [3.05, 3.63) is 34.9 Å². The van der Waals surface area contributed by atoms with Crippen molar-refractivity contribution in [2.24, 2.45) is 0 Å². The molecule has 16 heavy (non-hydrogen) atoms. The molecule has 0 aromatic heterocycles. The fraction of sp³-hybridized carbons (Fsp3) is 0.111. The van der Waals surface area contributed by atoms with Crippen molar-refractivity contribution in [2.45, 2.75) is 5.75 Å². The number of carbonyl (C=O) groups excluding carboxylic acids is 2. The van der Waals surface area contributed by atoms with Crippen LogP contribution in [-0.2, 0) is 15.9 Å². The molecule has 0 saturated carbocycles. The van der Waals surface area contributed by atoms with E-state index in [2.05, 4.69) is 5.32 Å². The van der Waals surface area contributed by atoms with Gasteiger partial charge in [-0.05, 0) is 11.6 Å². The number of fused-ring (bicyclic) bond motifs is 1. The molecule has 1 aromatic carbocycles. The first-order valence-corrected chi connectivity index (χ1v) is 5.92. The topological polar surface area (TPSA) is 101 Å². The Morgan fingerprint density at radius 2 is 1.88 bits per heavy atom. The monoisotopic (exact) mass is 241 g/mol. The Bertz CT molecular complexity index is 590. The highest BCUT2D eigenvalue weighted by molar-refractivity contribution is 7.85. The molecule has 0 bridgehead atoms. The number of hydrogen-bond donors (Lipinski definition) is 2. The molecule has 0 atom stereocenters. The van der Waals surface area contributed by atoms with Crippen LogP contribution in [0.25, 0.3) is 0 Å². The summed E-state index contributed by atoms with van der Waals surface area (Å²) in [5, 5.41) is 2.05. The number of rotatable bonds is 2. The van der Waals surface area contributed by atoms with E-state index >= 15 is 0 Å². The first kappa shape index (κ1) is 10.8. The summed E-state index contributed by atoms with van der Waals surface area (Å²) >= 11 is 0. The van der Waals surface area contributed by atoms with Crippen LogP contribution in [0.1, 0.15) is 26.3 Å². The van der Waals surface area contributed by atoms with E-state index in [0.717, 1.165) is 0 Å². The van der Waals surface area contributed by atoms with Gasteiger partial charge in [-0.3, -0.25) is 19.5 Å². The quantitative estimate of drug-likeness (QED) is 0.558. The van der Waals surface area contributed by atoms with Crippen LogP contribution in [0.15, 0.2) is 18.2 Å². The largest absolute Gasteiger partial charge is 0.288 e. The number of carbonyl (C=O) groups is 2. The molecule has 2 amide bonds. The van der Waals surface area contributed by atoms with Gasteiger partial charge < -0.3 is 0 Å². The summed E-state index contributed by atoms with van der Waals surface area (Å²) in [6.07, 6.45) is 0. The van der Waals surface area contributed by atoms with Crippen molar-refractivity contribution < 1.29 is 22.6 Å². The van der Waals surface area contributed by atoms with Gasteiger partial charge in [-0.15, -0.1) is 0 Å². The Kier molecular flexibility index (Phi) is 2.28. The molecule has 0 unspecified atom stereocenters. The average Bonchev–Trinajstić information content (AvgIpc) is 2.41. The van der Waals surface area contributed by atoms with Crippen molar-refractivity contribution in [1.29, 1.82) is 0 Å². The molecule has 0 radical (unpaired) electrons. The van der Waals surface area contributed by atoms with Gasteiger partial charge >= 0.3 is 0 Å². The maximum absolute atomic E-state index is 11.4. The summed E-state index contributed by atoms with van der Waals surface area (Å²) < 4.78 is 30.2. The fourth-order valence-corrected chi connectivity index (χ4v) is 2.24. The molecule has 0 fully saturated rings. The zero-order valence-electron chi connectivity index (χ0n) is 7.93. The molecule has 6 nitrogen and oxygen atoms in total. The van der Waals surface area contributed by atoms with Crippen LogP contribution in [0, 0.1) is 0 Å². The van der Waals surface area contributed by atoms with E-state index in [9.17, 15) is 18.0 Å². The lowest BCUT2D eigenvalue weighted by molar-refractivity contribution is 0.0879. The summed E-state index contributed by atoms with van der Waals surface area (Å²) in [5.41, 5.74) is 0.264. The van der Waals surface area contributed by atoms with Crippen molar-refractivity contribution in [3.63, 3.8) is 0 Å². The van der Waals surface area contributed by atoms with Crippen molar-refractivity contribution in [2.75, 3.05) is 0 Å². The zero-order chi connectivity index (χ0) is 11.9. The van der Waals surface area contributed by atoms with Crippen molar-refractivity contribution in [1.82, 2.24) is 5.32 Å². The van der Waals surface area contributed by atoms with E-state index in [0.29, 0.717) is 0 Å². The predicted molar refractivity (Wildman–Crippen MR) is 53.5 cm³/mol. The van der Waals surface area contributed by atoms with E-state index in [4.69, 9.17) is 4.55 Å². The van der Waals surface area contributed by atoms with Crippen LogP contribution in [0.3, 0.4) is 0 Å². The first-order valence-electron chi connectivity index (χ1n) is 4.31. The van der Waals surface area contributed by atoms with Crippen LogP contribution in [0.5, 0.6) is 0 Å². The molecule has 1 aromatic rings. The average molecular weight is 241 g/mol. The van der Waals surface area contributed by atoms with E-state index in [1.807, 2.05) is 0 Å². The van der Waals surface area contributed by atoms with Gasteiger partial charge in [0.15, 0.2) is 0 Å². The number of imide groups is 1. The lowest BCUT2D eigenvalue weighted by Crippen LogP contribution is -2.20. The Morgan fingerprint density at radius 3 is 2.50 bits per heavy atom. The third kappa shape index (κ3) is 1.82. The minimum absolute atomic E-state index is 0.0186. The van der Waals surface area contributed by atoms with Crippen LogP contribution in [0.4, 0.5) is 0 Å². The molecule has 2 N–H and O–H groups in total. The smallest absolute Gasteiger partial charge is 0.269 e. The second-order valence-corrected chi connectivity index (χ2v) is 4.80. The van der Waals surface area contributed by atoms with Gasteiger partial charge in [0.2, 0.25) is 0 Å². The van der Waals surface area contributed by atoms with Crippen LogP contribution in [0.2, 0.25) is 0 Å². The molecule has 0 spiro atoms. The molecule has 1 heterocycles. The number of nitrogens with one attached hydrogen (secondary N) is 1. The summed E-state index contributed by atoms with van der Waals surface area (Å²) in [7, 11) is -4.23. The molecule has 0 saturated heterocycles. The molecule has 7 heteroatoms. The molecule has 2 rings (SSSR count). The summed E-state index contributed by atoms with van der Waals surface area (Å²) in [4.78, 5) is 22.6. The second kappa shape index (κ2) is 3.39. The van der Waals surface area contributed by atoms with E-state index < -0.39 is 27.7 Å². The number of amides is 2. The van der Waals surface area contributed by atoms with Gasteiger partial charge in [0.05, 0.1) is 11.1 Å². The van der Waals surface area contributed by atoms with Gasteiger partial charge in [-0.1, -0.05) is 12.1 Å². The standard InChI is InChI=1S/C9H7NO5S/c11-8-6-3-1-2-5(4-16(13,14)15)7(6)9(12)10-8/h1-3H,4H2,(H,10,11,12)(H,13,14,15). The minimum atomic E-state index is -4.23. The second-order valence-electron chi connectivity index (χ2n) is 3.35. The van der Waals surface area contributed by atoms with Gasteiger partial charge in [0, 0.05) is 0 Å². The zero-order valence-corrected chi connectivity index (χ0v) is 8.74. The molecule has 0 aliphatic carbocycles. The van der Waals surface area contributed by atoms with Crippen molar-refractivity contribution in [3.8, 4) is 0 Å². The van der Waals surface area contributed by atoms with E-state index in [1.54, 1.807) is 0 Å². The van der Waals surface area contributed by atoms with Crippen LogP contribution in [-0.4, -0.2) is 24.8 Å². The lowest BCUT2D eigenvalue weighted by atomic mass is 10.0.